The highest BCUT2D eigenvalue weighted by Gasteiger charge is 2.39. The summed E-state index contributed by atoms with van der Waals surface area (Å²) in [5.41, 5.74) is 2.53. The number of rotatable bonds is 4. The standard InChI is InChI=1S/C38H18Cl4N2O4/c39-23-11-19-27-20(36(46)43(35(19)45)15-17-7-3-1-4-8-17)12-24(40)30-32-26(42)14-22-28-21(13-25(41)31(34(28)32)29(23)33(27)30)37(47)44(38(22)48)16-18-9-5-2-6-10-18/h1-14H,15-16H2. The summed E-state index contributed by atoms with van der Waals surface area (Å²) in [7, 11) is 0. The van der Waals surface area contributed by atoms with Crippen molar-refractivity contribution in [2.45, 2.75) is 13.1 Å². The molecule has 0 spiro atoms. The maximum Gasteiger partial charge on any atom is 0.261 e. The van der Waals surface area contributed by atoms with Gasteiger partial charge in [-0.3, -0.25) is 29.0 Å². The zero-order valence-electron chi connectivity index (χ0n) is 24.5. The molecule has 2 aliphatic heterocycles. The Balaban J connectivity index is 1.36. The van der Waals surface area contributed by atoms with Gasteiger partial charge in [0.05, 0.1) is 35.3 Å². The molecule has 10 heteroatoms. The first kappa shape index (κ1) is 29.4. The van der Waals surface area contributed by atoms with Crippen LogP contribution in [0, 0.1) is 0 Å². The lowest BCUT2D eigenvalue weighted by atomic mass is 9.82. The van der Waals surface area contributed by atoms with E-state index >= 15 is 0 Å². The summed E-state index contributed by atoms with van der Waals surface area (Å²) in [6, 6.07) is 24.6. The summed E-state index contributed by atoms with van der Waals surface area (Å²) in [6.45, 7) is 0.125. The molecule has 6 nitrogen and oxygen atoms in total. The second kappa shape index (κ2) is 10.4. The van der Waals surface area contributed by atoms with Crippen LogP contribution in [-0.4, -0.2) is 33.4 Å². The molecule has 0 radical (unpaired) electrons. The molecule has 232 valence electrons. The molecular weight excluding hydrogens is 690 g/mol. The van der Waals surface area contributed by atoms with Crippen molar-refractivity contribution in [3.05, 3.63) is 138 Å². The lowest BCUT2D eigenvalue weighted by Crippen LogP contribution is -2.40. The van der Waals surface area contributed by atoms with E-state index < -0.39 is 23.6 Å². The van der Waals surface area contributed by atoms with Crippen LogP contribution in [0.1, 0.15) is 52.6 Å². The number of benzene rings is 7. The molecule has 0 aromatic heterocycles. The first-order valence-corrected chi connectivity index (χ1v) is 16.4. The molecule has 2 heterocycles. The third kappa shape index (κ3) is 3.89. The average molecular weight is 708 g/mol. The predicted molar refractivity (Wildman–Crippen MR) is 189 cm³/mol. The number of fused-ring (bicyclic) bond motifs is 2. The third-order valence-electron chi connectivity index (χ3n) is 9.39. The van der Waals surface area contributed by atoms with E-state index in [1.54, 1.807) is 24.3 Å². The average Bonchev–Trinajstić information content (AvgIpc) is 3.08. The van der Waals surface area contributed by atoms with Crippen molar-refractivity contribution in [2.24, 2.45) is 0 Å². The van der Waals surface area contributed by atoms with Gasteiger partial charge in [-0.25, -0.2) is 0 Å². The van der Waals surface area contributed by atoms with Crippen LogP contribution in [0.15, 0.2) is 84.9 Å². The van der Waals surface area contributed by atoms with Crippen LogP contribution >= 0.6 is 46.4 Å². The molecule has 2 aliphatic rings. The van der Waals surface area contributed by atoms with Crippen molar-refractivity contribution in [3.63, 3.8) is 0 Å². The van der Waals surface area contributed by atoms with E-state index in [0.29, 0.717) is 43.1 Å². The highest BCUT2D eigenvalue weighted by Crippen LogP contribution is 2.53. The van der Waals surface area contributed by atoms with E-state index in [2.05, 4.69) is 0 Å². The Morgan fingerprint density at radius 2 is 0.646 bits per heavy atom. The van der Waals surface area contributed by atoms with E-state index in [0.717, 1.165) is 11.1 Å². The van der Waals surface area contributed by atoms with Crippen molar-refractivity contribution in [3.8, 4) is 0 Å². The quantitative estimate of drug-likeness (QED) is 0.104. The van der Waals surface area contributed by atoms with Gasteiger partial charge >= 0.3 is 0 Å². The predicted octanol–water partition coefficient (Wildman–Crippen LogP) is 9.94. The molecular formula is C38H18Cl4N2O4. The largest absolute Gasteiger partial charge is 0.270 e. The van der Waals surface area contributed by atoms with Gasteiger partial charge in [0.25, 0.3) is 23.6 Å². The minimum absolute atomic E-state index is 0.0624. The fourth-order valence-electron chi connectivity index (χ4n) is 7.38. The Bertz CT molecular complexity index is 2330. The van der Waals surface area contributed by atoms with Crippen LogP contribution in [0.2, 0.25) is 20.1 Å². The monoisotopic (exact) mass is 706 g/mol. The lowest BCUT2D eigenvalue weighted by molar-refractivity contribution is 0.0583. The van der Waals surface area contributed by atoms with Crippen LogP contribution < -0.4 is 0 Å². The molecule has 9 rings (SSSR count). The fourth-order valence-corrected chi connectivity index (χ4v) is 8.57. The van der Waals surface area contributed by atoms with Gasteiger partial charge < -0.3 is 0 Å². The Morgan fingerprint density at radius 3 is 0.917 bits per heavy atom. The lowest BCUT2D eigenvalue weighted by Gasteiger charge is -2.31. The molecule has 0 aliphatic carbocycles. The third-order valence-corrected chi connectivity index (χ3v) is 10.6. The second-order valence-corrected chi connectivity index (χ2v) is 13.6. The maximum absolute atomic E-state index is 14.0. The van der Waals surface area contributed by atoms with E-state index in [4.69, 9.17) is 46.4 Å². The topological polar surface area (TPSA) is 74.8 Å². The van der Waals surface area contributed by atoms with Crippen molar-refractivity contribution in [1.29, 1.82) is 0 Å². The number of hydrogen-bond donors (Lipinski definition) is 0. The number of carbonyl (C=O) groups excluding carboxylic acids is 4. The number of nitrogens with zero attached hydrogens (tertiary/aromatic N) is 2. The molecule has 0 saturated heterocycles. The van der Waals surface area contributed by atoms with Gasteiger partial charge in [0.2, 0.25) is 0 Å². The Morgan fingerprint density at radius 1 is 0.375 bits per heavy atom. The molecule has 0 fully saturated rings. The number of imide groups is 2. The highest BCUT2D eigenvalue weighted by molar-refractivity contribution is 6.56. The van der Waals surface area contributed by atoms with E-state index in [9.17, 15) is 19.2 Å². The zero-order valence-corrected chi connectivity index (χ0v) is 27.6. The molecule has 7 aromatic carbocycles. The number of carbonyl (C=O) groups is 4. The van der Waals surface area contributed by atoms with E-state index in [1.807, 2.05) is 60.7 Å². The van der Waals surface area contributed by atoms with Gasteiger partial charge in [0, 0.05) is 63.2 Å². The minimum Gasteiger partial charge on any atom is -0.270 e. The first-order valence-electron chi connectivity index (χ1n) is 14.9. The molecule has 0 saturated carbocycles. The van der Waals surface area contributed by atoms with Crippen LogP contribution in [0.5, 0.6) is 0 Å². The van der Waals surface area contributed by atoms with Gasteiger partial charge in [0.1, 0.15) is 0 Å². The Kier molecular flexibility index (Phi) is 6.37. The van der Waals surface area contributed by atoms with E-state index in [-0.39, 0.29) is 55.4 Å². The zero-order chi connectivity index (χ0) is 33.2. The van der Waals surface area contributed by atoms with Gasteiger partial charge in [-0.1, -0.05) is 107 Å². The summed E-state index contributed by atoms with van der Waals surface area (Å²) < 4.78 is 0. The summed E-state index contributed by atoms with van der Waals surface area (Å²) in [6.07, 6.45) is 0. The molecule has 0 atom stereocenters. The summed E-state index contributed by atoms with van der Waals surface area (Å²) >= 11 is 28.2. The van der Waals surface area contributed by atoms with Crippen LogP contribution in [0.25, 0.3) is 43.1 Å². The van der Waals surface area contributed by atoms with Gasteiger partial charge in [-0.05, 0) is 35.4 Å². The molecule has 7 aromatic rings. The number of halogens is 4. The first-order chi connectivity index (χ1) is 23.2. The SMILES string of the molecule is O=C1c2cc(Cl)c3c4c(Cl)cc5c6c(cc(Cl)c(c7c(Cl)cc(c2c37)C(=O)N1Cc1ccccc1)c64)C(=O)N(Cc1ccccc1)C5=O. The van der Waals surface area contributed by atoms with Crippen LogP contribution in [0.3, 0.4) is 0 Å². The highest BCUT2D eigenvalue weighted by atomic mass is 35.5. The number of amides is 4. The van der Waals surface area contributed by atoms with E-state index in [1.165, 1.54) is 9.80 Å². The second-order valence-electron chi connectivity index (χ2n) is 12.0. The van der Waals surface area contributed by atoms with Gasteiger partial charge in [-0.2, -0.15) is 0 Å². The molecule has 4 amide bonds. The van der Waals surface area contributed by atoms with Crippen LogP contribution in [-0.2, 0) is 13.1 Å². The minimum atomic E-state index is -0.499. The van der Waals surface area contributed by atoms with Crippen molar-refractivity contribution in [2.75, 3.05) is 0 Å². The number of hydrogen-bond acceptors (Lipinski definition) is 4. The molecule has 0 bridgehead atoms. The van der Waals surface area contributed by atoms with Crippen molar-refractivity contribution in [1.82, 2.24) is 9.80 Å². The Labute approximate surface area is 292 Å². The molecule has 48 heavy (non-hydrogen) atoms. The molecule has 0 unspecified atom stereocenters. The van der Waals surface area contributed by atoms with Gasteiger partial charge in [-0.15, -0.1) is 0 Å². The summed E-state index contributed by atoms with van der Waals surface area (Å²) in [5, 5.41) is 4.22. The molecule has 0 N–H and O–H groups in total. The van der Waals surface area contributed by atoms with Crippen molar-refractivity contribution >= 4 is 113 Å². The maximum atomic E-state index is 14.0. The summed E-state index contributed by atoms with van der Waals surface area (Å²) in [4.78, 5) is 58.4. The van der Waals surface area contributed by atoms with Gasteiger partial charge in [0.15, 0.2) is 0 Å². The fraction of sp³-hybridized carbons (Fsp3) is 0.0526. The smallest absolute Gasteiger partial charge is 0.261 e. The van der Waals surface area contributed by atoms with Crippen LogP contribution in [0.4, 0.5) is 0 Å². The summed E-state index contributed by atoms with van der Waals surface area (Å²) in [5.74, 6) is -2.00. The normalized spacial score (nSPS) is 14.5. The van der Waals surface area contributed by atoms with Crippen molar-refractivity contribution < 1.29 is 19.2 Å². The Hall–Kier alpha value is -4.72.